The number of carbonyl (C=O) groups excluding carboxylic acids is 1. The summed E-state index contributed by atoms with van der Waals surface area (Å²) in [5.41, 5.74) is 0. The lowest BCUT2D eigenvalue weighted by atomic mass is 10.1. The van der Waals surface area contributed by atoms with Crippen molar-refractivity contribution < 1.29 is 13.9 Å². The highest BCUT2D eigenvalue weighted by atomic mass is 16.5. The van der Waals surface area contributed by atoms with Crippen molar-refractivity contribution in [3.8, 4) is 5.75 Å². The summed E-state index contributed by atoms with van der Waals surface area (Å²) in [4.78, 5) is 16.9. The van der Waals surface area contributed by atoms with E-state index in [9.17, 15) is 4.79 Å². The number of hydrogen-bond acceptors (Lipinski definition) is 5. The Hall–Kier alpha value is -2.31. The van der Waals surface area contributed by atoms with Crippen molar-refractivity contribution in [2.45, 2.75) is 13.0 Å². The number of nitrogens with one attached hydrogen (secondary N) is 1. The number of likely N-dealkylation sites (N-methyl/N-ethyl adjacent to an activating group) is 1. The summed E-state index contributed by atoms with van der Waals surface area (Å²) < 4.78 is 11.4. The molecule has 6 heteroatoms. The molecular formula is C20H27N3O3. The molecule has 1 saturated heterocycles. The average Bonchev–Trinajstić information content (AvgIpc) is 3.08. The highest BCUT2D eigenvalue weighted by molar-refractivity contribution is 5.77. The molecule has 0 bridgehead atoms. The van der Waals surface area contributed by atoms with E-state index >= 15 is 0 Å². The second kappa shape index (κ2) is 8.87. The topological polar surface area (TPSA) is 58.0 Å². The highest BCUT2D eigenvalue weighted by Gasteiger charge is 2.26. The third kappa shape index (κ3) is 5.09. The number of amides is 1. The van der Waals surface area contributed by atoms with Crippen LogP contribution in [0.4, 0.5) is 0 Å². The number of hydrogen-bond donors (Lipinski definition) is 1. The monoisotopic (exact) mass is 357 g/mol. The first-order valence-corrected chi connectivity index (χ1v) is 9.05. The Morgan fingerprint density at radius 2 is 1.88 bits per heavy atom. The minimum atomic E-state index is -0.128. The van der Waals surface area contributed by atoms with Crippen molar-refractivity contribution in [1.82, 2.24) is 15.1 Å². The van der Waals surface area contributed by atoms with Crippen LogP contribution in [0.3, 0.4) is 0 Å². The molecule has 26 heavy (non-hydrogen) atoms. The maximum atomic E-state index is 12.2. The van der Waals surface area contributed by atoms with Gasteiger partial charge in [-0.05, 0) is 38.2 Å². The number of aryl methyl sites for hydroxylation is 1. The van der Waals surface area contributed by atoms with Crippen molar-refractivity contribution in [2.24, 2.45) is 0 Å². The summed E-state index contributed by atoms with van der Waals surface area (Å²) in [5, 5.41) is 2.99. The fourth-order valence-corrected chi connectivity index (χ4v) is 3.10. The van der Waals surface area contributed by atoms with Crippen LogP contribution in [0, 0.1) is 6.92 Å². The van der Waals surface area contributed by atoms with Crippen LogP contribution in [0.1, 0.15) is 17.6 Å². The summed E-state index contributed by atoms with van der Waals surface area (Å²) in [7, 11) is 2.13. The fourth-order valence-electron chi connectivity index (χ4n) is 3.10. The zero-order chi connectivity index (χ0) is 18.4. The van der Waals surface area contributed by atoms with Gasteiger partial charge < -0.3 is 19.4 Å². The van der Waals surface area contributed by atoms with Crippen LogP contribution in [-0.4, -0.2) is 62.1 Å². The van der Waals surface area contributed by atoms with Crippen LogP contribution in [0.15, 0.2) is 46.9 Å². The molecular weight excluding hydrogens is 330 g/mol. The van der Waals surface area contributed by atoms with Crippen molar-refractivity contribution in [2.75, 3.05) is 46.4 Å². The highest BCUT2D eigenvalue weighted by Crippen LogP contribution is 2.23. The van der Waals surface area contributed by atoms with E-state index in [1.807, 2.05) is 49.4 Å². The molecule has 0 spiro atoms. The standard InChI is InChI=1S/C20H27N3O3/c1-16-8-9-19(26-16)18(23-12-10-22(2)11-13-23)14-21-20(24)15-25-17-6-4-3-5-7-17/h3-9,18H,10-15H2,1-2H3,(H,21,24). The van der Waals surface area contributed by atoms with Gasteiger partial charge in [0.2, 0.25) is 0 Å². The molecule has 1 unspecified atom stereocenters. The van der Waals surface area contributed by atoms with Gasteiger partial charge in [-0.25, -0.2) is 0 Å². The van der Waals surface area contributed by atoms with Crippen molar-refractivity contribution in [3.63, 3.8) is 0 Å². The molecule has 3 rings (SSSR count). The Morgan fingerprint density at radius 1 is 1.15 bits per heavy atom. The molecule has 1 aliphatic heterocycles. The number of benzene rings is 1. The molecule has 0 radical (unpaired) electrons. The number of piperazine rings is 1. The first-order valence-electron chi connectivity index (χ1n) is 9.05. The molecule has 6 nitrogen and oxygen atoms in total. The zero-order valence-corrected chi connectivity index (χ0v) is 15.5. The third-order valence-electron chi connectivity index (χ3n) is 4.67. The smallest absolute Gasteiger partial charge is 0.258 e. The van der Waals surface area contributed by atoms with Crippen LogP contribution in [-0.2, 0) is 4.79 Å². The minimum absolute atomic E-state index is 0.0106. The van der Waals surface area contributed by atoms with Gasteiger partial charge in [-0.2, -0.15) is 0 Å². The number of nitrogens with zero attached hydrogens (tertiary/aromatic N) is 2. The van der Waals surface area contributed by atoms with E-state index in [1.54, 1.807) is 0 Å². The molecule has 140 valence electrons. The molecule has 1 atom stereocenters. The number of para-hydroxylation sites is 1. The molecule has 1 aromatic carbocycles. The Kier molecular flexibility index (Phi) is 6.30. The van der Waals surface area contributed by atoms with E-state index in [1.165, 1.54) is 0 Å². The number of furan rings is 1. The van der Waals surface area contributed by atoms with Gasteiger partial charge in [0.15, 0.2) is 6.61 Å². The Bertz CT molecular complexity index is 693. The lowest BCUT2D eigenvalue weighted by Crippen LogP contribution is -2.48. The fraction of sp³-hybridized carbons (Fsp3) is 0.450. The van der Waals surface area contributed by atoms with Crippen molar-refractivity contribution in [3.05, 3.63) is 54.0 Å². The summed E-state index contributed by atoms with van der Waals surface area (Å²) in [5.74, 6) is 2.35. The van der Waals surface area contributed by atoms with Gasteiger partial charge in [0, 0.05) is 32.7 Å². The molecule has 2 heterocycles. The van der Waals surface area contributed by atoms with Crippen LogP contribution < -0.4 is 10.1 Å². The van der Waals surface area contributed by atoms with Crippen LogP contribution in [0.2, 0.25) is 0 Å². The molecule has 1 fully saturated rings. The molecule has 0 aliphatic carbocycles. The SMILES string of the molecule is Cc1ccc(C(CNC(=O)COc2ccccc2)N2CCN(C)CC2)o1. The van der Waals surface area contributed by atoms with Gasteiger partial charge in [-0.3, -0.25) is 9.69 Å². The van der Waals surface area contributed by atoms with E-state index in [4.69, 9.17) is 9.15 Å². The van der Waals surface area contributed by atoms with Crippen molar-refractivity contribution >= 4 is 5.91 Å². The van der Waals surface area contributed by atoms with Gasteiger partial charge in [-0.1, -0.05) is 18.2 Å². The Balaban J connectivity index is 1.56. The summed E-state index contributed by atoms with van der Waals surface area (Å²) in [6, 6.07) is 13.4. The molecule has 1 aliphatic rings. The van der Waals surface area contributed by atoms with E-state index in [0.717, 1.165) is 37.7 Å². The van der Waals surface area contributed by atoms with Crippen LogP contribution >= 0.6 is 0 Å². The van der Waals surface area contributed by atoms with E-state index < -0.39 is 0 Å². The largest absolute Gasteiger partial charge is 0.484 e. The second-order valence-electron chi connectivity index (χ2n) is 6.71. The molecule has 1 aromatic heterocycles. The number of carbonyl (C=O) groups is 1. The van der Waals surface area contributed by atoms with Gasteiger partial charge in [0.05, 0.1) is 6.04 Å². The van der Waals surface area contributed by atoms with E-state index in [2.05, 4.69) is 22.2 Å². The Labute approximate surface area is 154 Å². The molecule has 0 saturated carbocycles. The first-order chi connectivity index (χ1) is 12.6. The number of ether oxygens (including phenoxy) is 1. The van der Waals surface area contributed by atoms with Crippen molar-refractivity contribution in [1.29, 1.82) is 0 Å². The van der Waals surface area contributed by atoms with Gasteiger partial charge in [0.1, 0.15) is 17.3 Å². The lowest BCUT2D eigenvalue weighted by molar-refractivity contribution is -0.123. The minimum Gasteiger partial charge on any atom is -0.484 e. The van der Waals surface area contributed by atoms with E-state index in [0.29, 0.717) is 12.3 Å². The summed E-state index contributed by atoms with van der Waals surface area (Å²) in [6.07, 6.45) is 0. The van der Waals surface area contributed by atoms with Gasteiger partial charge >= 0.3 is 0 Å². The third-order valence-corrected chi connectivity index (χ3v) is 4.67. The predicted octanol–water partition coefficient (Wildman–Crippen LogP) is 2.07. The van der Waals surface area contributed by atoms with Gasteiger partial charge in [-0.15, -0.1) is 0 Å². The lowest BCUT2D eigenvalue weighted by Gasteiger charge is -2.37. The predicted molar refractivity (Wildman–Crippen MR) is 100 cm³/mol. The molecule has 1 amide bonds. The van der Waals surface area contributed by atoms with Gasteiger partial charge in [0.25, 0.3) is 5.91 Å². The van der Waals surface area contributed by atoms with E-state index in [-0.39, 0.29) is 18.6 Å². The quantitative estimate of drug-likeness (QED) is 0.822. The average molecular weight is 357 g/mol. The number of rotatable bonds is 7. The molecule has 2 aromatic rings. The Morgan fingerprint density at radius 3 is 2.54 bits per heavy atom. The maximum Gasteiger partial charge on any atom is 0.258 e. The second-order valence-corrected chi connectivity index (χ2v) is 6.71. The van der Waals surface area contributed by atoms with Crippen LogP contribution in [0.25, 0.3) is 0 Å². The summed E-state index contributed by atoms with van der Waals surface area (Å²) >= 11 is 0. The maximum absolute atomic E-state index is 12.2. The zero-order valence-electron chi connectivity index (χ0n) is 15.5. The normalized spacial score (nSPS) is 17.0. The first kappa shape index (κ1) is 18.5. The molecule has 1 N–H and O–H groups in total. The summed E-state index contributed by atoms with van der Waals surface area (Å²) in [6.45, 7) is 6.40. The van der Waals surface area contributed by atoms with Crippen LogP contribution in [0.5, 0.6) is 5.75 Å².